The van der Waals surface area contributed by atoms with Gasteiger partial charge in [0.1, 0.15) is 6.10 Å². The van der Waals surface area contributed by atoms with Gasteiger partial charge in [-0.3, -0.25) is 4.79 Å². The second kappa shape index (κ2) is 4.07. The van der Waals surface area contributed by atoms with Crippen molar-refractivity contribution in [3.8, 4) is 0 Å². The van der Waals surface area contributed by atoms with Gasteiger partial charge in [0, 0.05) is 6.92 Å². The number of rotatable bonds is 1. The molecule has 2 N–H and O–H groups in total. The third kappa shape index (κ3) is 2.67. The van der Waals surface area contributed by atoms with Gasteiger partial charge in [-0.25, -0.2) is 0 Å². The Hall–Kier alpha value is -0.610. The van der Waals surface area contributed by atoms with Gasteiger partial charge in [0.2, 0.25) is 5.91 Å². The Kier molecular flexibility index (Phi) is 3.27. The molecule has 1 amide bonds. The molecule has 0 bridgehead atoms. The van der Waals surface area contributed by atoms with Crippen molar-refractivity contribution in [3.05, 3.63) is 0 Å². The topological polar surface area (TPSA) is 58.6 Å². The fraction of sp³-hybridized carbons (Fsp3) is 0.889. The maximum absolute atomic E-state index is 10.8. The van der Waals surface area contributed by atoms with Gasteiger partial charge in [-0.05, 0) is 20.3 Å². The summed E-state index contributed by atoms with van der Waals surface area (Å²) in [6.45, 7) is 5.21. The summed E-state index contributed by atoms with van der Waals surface area (Å²) in [7, 11) is 0. The maximum Gasteiger partial charge on any atom is 0.217 e. The standard InChI is InChI=1S/C9H17NO3/c1-5-4-8(10-7(3)11)9(12)6(2)13-5/h5-6,8-9,12H,4H2,1-3H3,(H,10,11). The Morgan fingerprint density at radius 2 is 2.15 bits per heavy atom. The normalized spacial score (nSPS) is 40.0. The van der Waals surface area contributed by atoms with E-state index in [0.29, 0.717) is 6.42 Å². The van der Waals surface area contributed by atoms with Crippen molar-refractivity contribution in [2.24, 2.45) is 0 Å². The Morgan fingerprint density at radius 1 is 1.54 bits per heavy atom. The highest BCUT2D eigenvalue weighted by Gasteiger charge is 2.33. The summed E-state index contributed by atoms with van der Waals surface area (Å²) >= 11 is 0. The second-order valence-corrected chi connectivity index (χ2v) is 3.69. The summed E-state index contributed by atoms with van der Waals surface area (Å²) in [4.78, 5) is 10.8. The van der Waals surface area contributed by atoms with E-state index >= 15 is 0 Å². The molecule has 0 aromatic carbocycles. The smallest absolute Gasteiger partial charge is 0.217 e. The van der Waals surface area contributed by atoms with E-state index in [1.807, 2.05) is 13.8 Å². The third-order valence-corrected chi connectivity index (χ3v) is 2.31. The summed E-state index contributed by atoms with van der Waals surface area (Å²) < 4.78 is 5.41. The highest BCUT2D eigenvalue weighted by atomic mass is 16.5. The number of amides is 1. The molecule has 1 fully saturated rings. The number of aliphatic hydroxyl groups is 1. The van der Waals surface area contributed by atoms with E-state index in [1.165, 1.54) is 6.92 Å². The molecule has 1 heterocycles. The lowest BCUT2D eigenvalue weighted by atomic mass is 9.97. The lowest BCUT2D eigenvalue weighted by Gasteiger charge is -2.36. The van der Waals surface area contributed by atoms with Crippen LogP contribution in [0.15, 0.2) is 0 Å². The van der Waals surface area contributed by atoms with Crippen molar-refractivity contribution in [2.45, 2.75) is 51.5 Å². The summed E-state index contributed by atoms with van der Waals surface area (Å²) in [5.74, 6) is -0.106. The first-order valence-corrected chi connectivity index (χ1v) is 4.61. The summed E-state index contributed by atoms with van der Waals surface area (Å²) in [5.41, 5.74) is 0. The zero-order valence-corrected chi connectivity index (χ0v) is 8.28. The molecule has 4 atom stereocenters. The van der Waals surface area contributed by atoms with Crippen LogP contribution >= 0.6 is 0 Å². The van der Waals surface area contributed by atoms with Crippen LogP contribution in [0, 0.1) is 0 Å². The molecule has 0 aromatic heterocycles. The van der Waals surface area contributed by atoms with E-state index < -0.39 is 6.10 Å². The molecule has 0 aromatic rings. The third-order valence-electron chi connectivity index (χ3n) is 2.31. The van der Waals surface area contributed by atoms with Gasteiger partial charge >= 0.3 is 0 Å². The average molecular weight is 187 g/mol. The van der Waals surface area contributed by atoms with Gasteiger partial charge in [0.15, 0.2) is 0 Å². The van der Waals surface area contributed by atoms with Crippen LogP contribution < -0.4 is 5.32 Å². The van der Waals surface area contributed by atoms with Gasteiger partial charge in [-0.15, -0.1) is 0 Å². The molecule has 4 nitrogen and oxygen atoms in total. The number of carbonyl (C=O) groups excluding carboxylic acids is 1. The van der Waals surface area contributed by atoms with Crippen molar-refractivity contribution in [1.29, 1.82) is 0 Å². The lowest BCUT2D eigenvalue weighted by Crippen LogP contribution is -2.53. The van der Waals surface area contributed by atoms with E-state index in [1.54, 1.807) is 0 Å². The second-order valence-electron chi connectivity index (χ2n) is 3.69. The molecular weight excluding hydrogens is 170 g/mol. The Bertz CT molecular complexity index is 195. The molecule has 0 spiro atoms. The quantitative estimate of drug-likeness (QED) is 0.610. The molecule has 13 heavy (non-hydrogen) atoms. The van der Waals surface area contributed by atoms with Crippen molar-refractivity contribution in [3.63, 3.8) is 0 Å². The zero-order valence-electron chi connectivity index (χ0n) is 8.28. The molecule has 1 aliphatic heterocycles. The Balaban J connectivity index is 2.55. The first-order chi connectivity index (χ1) is 6.00. The molecule has 1 rings (SSSR count). The van der Waals surface area contributed by atoms with Gasteiger partial charge < -0.3 is 15.2 Å². The minimum atomic E-state index is -0.597. The summed E-state index contributed by atoms with van der Waals surface area (Å²) in [6.07, 6.45) is -0.0404. The summed E-state index contributed by atoms with van der Waals surface area (Å²) in [6, 6.07) is -0.170. The minimum absolute atomic E-state index is 0.0928. The molecule has 0 aliphatic carbocycles. The van der Waals surface area contributed by atoms with Crippen molar-refractivity contribution >= 4 is 5.91 Å². The van der Waals surface area contributed by atoms with Crippen LogP contribution in [0.1, 0.15) is 27.2 Å². The van der Waals surface area contributed by atoms with Crippen LogP contribution in [0.4, 0.5) is 0 Å². The number of nitrogens with one attached hydrogen (secondary N) is 1. The van der Waals surface area contributed by atoms with Gasteiger partial charge in [-0.1, -0.05) is 0 Å². The zero-order chi connectivity index (χ0) is 10.0. The predicted molar refractivity (Wildman–Crippen MR) is 48.2 cm³/mol. The number of ether oxygens (including phenoxy) is 1. The van der Waals surface area contributed by atoms with Crippen molar-refractivity contribution in [2.75, 3.05) is 0 Å². The number of carbonyl (C=O) groups is 1. The van der Waals surface area contributed by atoms with E-state index in [0.717, 1.165) is 0 Å². The predicted octanol–water partition coefficient (Wildman–Crippen LogP) is 0.0493. The van der Waals surface area contributed by atoms with Gasteiger partial charge in [0.25, 0.3) is 0 Å². The molecule has 1 aliphatic rings. The van der Waals surface area contributed by atoms with E-state index in [4.69, 9.17) is 4.74 Å². The molecule has 4 heteroatoms. The van der Waals surface area contributed by atoms with Crippen LogP contribution in [0.25, 0.3) is 0 Å². The molecule has 1 saturated heterocycles. The van der Waals surface area contributed by atoms with E-state index in [9.17, 15) is 9.90 Å². The Morgan fingerprint density at radius 3 is 2.69 bits per heavy atom. The van der Waals surface area contributed by atoms with Crippen molar-refractivity contribution in [1.82, 2.24) is 5.32 Å². The molecule has 0 radical (unpaired) electrons. The first kappa shape index (κ1) is 10.5. The fourth-order valence-corrected chi connectivity index (χ4v) is 1.73. The van der Waals surface area contributed by atoms with Gasteiger partial charge in [-0.2, -0.15) is 0 Å². The minimum Gasteiger partial charge on any atom is -0.388 e. The van der Waals surface area contributed by atoms with Crippen LogP contribution in [0.5, 0.6) is 0 Å². The molecule has 4 unspecified atom stereocenters. The molecule has 76 valence electrons. The largest absolute Gasteiger partial charge is 0.388 e. The average Bonchev–Trinajstić information content (AvgIpc) is 1.98. The van der Waals surface area contributed by atoms with Crippen molar-refractivity contribution < 1.29 is 14.6 Å². The highest BCUT2D eigenvalue weighted by Crippen LogP contribution is 2.19. The first-order valence-electron chi connectivity index (χ1n) is 4.61. The molecule has 0 saturated carbocycles. The number of hydrogen-bond acceptors (Lipinski definition) is 3. The maximum atomic E-state index is 10.8. The van der Waals surface area contributed by atoms with Crippen LogP contribution in [-0.2, 0) is 9.53 Å². The van der Waals surface area contributed by atoms with E-state index in [-0.39, 0.29) is 24.2 Å². The SMILES string of the molecule is CC(=O)NC1CC(C)OC(C)C1O. The van der Waals surface area contributed by atoms with Crippen LogP contribution in [0.2, 0.25) is 0 Å². The number of aliphatic hydroxyl groups excluding tert-OH is 1. The van der Waals surface area contributed by atoms with Gasteiger partial charge in [0.05, 0.1) is 18.2 Å². The Labute approximate surface area is 78.3 Å². The fourth-order valence-electron chi connectivity index (χ4n) is 1.73. The number of hydrogen-bond donors (Lipinski definition) is 2. The highest BCUT2D eigenvalue weighted by molar-refractivity contribution is 5.73. The van der Waals surface area contributed by atoms with Crippen LogP contribution in [0.3, 0.4) is 0 Å². The van der Waals surface area contributed by atoms with E-state index in [2.05, 4.69) is 5.32 Å². The monoisotopic (exact) mass is 187 g/mol. The summed E-state index contributed by atoms with van der Waals surface area (Å²) in [5, 5.41) is 12.4. The lowest BCUT2D eigenvalue weighted by molar-refractivity contribution is -0.132. The van der Waals surface area contributed by atoms with Crippen LogP contribution in [-0.4, -0.2) is 35.4 Å². The molecular formula is C9H17NO3.